The molecule has 0 fully saturated rings. The van der Waals surface area contributed by atoms with Crippen LogP contribution in [-0.2, 0) is 0 Å². The molecule has 0 atom stereocenters. The minimum Gasteiger partial charge on any atom is -0.503 e. The van der Waals surface area contributed by atoms with Gasteiger partial charge in [-0.1, -0.05) is 6.07 Å². The topological polar surface area (TPSA) is 125 Å². The number of aromatic hydroxyl groups is 1. The number of rotatable bonds is 4. The van der Waals surface area contributed by atoms with Gasteiger partial charge in [0.2, 0.25) is 5.75 Å². The van der Waals surface area contributed by atoms with Gasteiger partial charge in [0.15, 0.2) is 5.75 Å². The standard InChI is InChI=1S/C18H13BrN4O4/c1-9-3-4-13-14(5-9)22-18(21-13)11(8-20)6-10-7-12(19)16(24)17(27-2)15(10)23(25)26/h3-7,24H,1-2H3,(H,21,22)/b11-6+. The lowest BCUT2D eigenvalue weighted by molar-refractivity contribution is -0.386. The normalized spacial score (nSPS) is 11.4. The molecule has 0 spiro atoms. The third-order valence-corrected chi connectivity index (χ3v) is 4.52. The van der Waals surface area contributed by atoms with Crippen LogP contribution in [0.3, 0.4) is 0 Å². The number of halogens is 1. The summed E-state index contributed by atoms with van der Waals surface area (Å²) in [6.45, 7) is 1.94. The summed E-state index contributed by atoms with van der Waals surface area (Å²) >= 11 is 3.14. The lowest BCUT2D eigenvalue weighted by atomic mass is 10.1. The average molecular weight is 429 g/mol. The molecule has 3 aromatic rings. The van der Waals surface area contributed by atoms with Crippen molar-refractivity contribution in [3.8, 4) is 17.6 Å². The van der Waals surface area contributed by atoms with Crippen LogP contribution >= 0.6 is 15.9 Å². The minimum absolute atomic E-state index is 0.0923. The van der Waals surface area contributed by atoms with Crippen molar-refractivity contribution < 1.29 is 14.8 Å². The zero-order chi connectivity index (χ0) is 19.7. The Kier molecular flexibility index (Phi) is 4.83. The fourth-order valence-corrected chi connectivity index (χ4v) is 3.10. The molecule has 136 valence electrons. The molecule has 0 aliphatic heterocycles. The molecule has 0 amide bonds. The van der Waals surface area contributed by atoms with Gasteiger partial charge in [-0.2, -0.15) is 5.26 Å². The molecule has 0 aliphatic carbocycles. The van der Waals surface area contributed by atoms with Crippen molar-refractivity contribution in [1.29, 1.82) is 5.26 Å². The Hall–Kier alpha value is -3.38. The number of hydrogen-bond acceptors (Lipinski definition) is 6. The highest BCUT2D eigenvalue weighted by atomic mass is 79.9. The molecule has 0 unspecified atom stereocenters. The van der Waals surface area contributed by atoms with Crippen molar-refractivity contribution in [2.75, 3.05) is 7.11 Å². The van der Waals surface area contributed by atoms with E-state index in [1.807, 2.05) is 31.2 Å². The lowest BCUT2D eigenvalue weighted by Gasteiger charge is -2.08. The van der Waals surface area contributed by atoms with Crippen molar-refractivity contribution >= 4 is 44.3 Å². The molecule has 2 N–H and O–H groups in total. The molecule has 8 nitrogen and oxygen atoms in total. The molecule has 0 radical (unpaired) electrons. The summed E-state index contributed by atoms with van der Waals surface area (Å²) in [6.07, 6.45) is 1.33. The zero-order valence-corrected chi connectivity index (χ0v) is 15.9. The van der Waals surface area contributed by atoms with Gasteiger partial charge in [0, 0.05) is 0 Å². The number of imidazole rings is 1. The predicted molar refractivity (Wildman–Crippen MR) is 103 cm³/mol. The van der Waals surface area contributed by atoms with Crippen molar-refractivity contribution in [3.05, 3.63) is 55.8 Å². The minimum atomic E-state index is -0.673. The highest BCUT2D eigenvalue weighted by molar-refractivity contribution is 9.10. The number of methoxy groups -OCH3 is 1. The van der Waals surface area contributed by atoms with E-state index >= 15 is 0 Å². The van der Waals surface area contributed by atoms with Crippen molar-refractivity contribution in [2.24, 2.45) is 0 Å². The maximum absolute atomic E-state index is 11.5. The van der Waals surface area contributed by atoms with Crippen LogP contribution in [0.15, 0.2) is 28.7 Å². The number of nitriles is 1. The molecule has 0 bridgehead atoms. The summed E-state index contributed by atoms with van der Waals surface area (Å²) < 4.78 is 5.19. The summed E-state index contributed by atoms with van der Waals surface area (Å²) in [5.74, 6) is -0.396. The van der Waals surface area contributed by atoms with Crippen molar-refractivity contribution in [1.82, 2.24) is 9.97 Å². The van der Waals surface area contributed by atoms with Gasteiger partial charge in [-0.3, -0.25) is 10.1 Å². The van der Waals surface area contributed by atoms with Gasteiger partial charge in [-0.05, 0) is 52.7 Å². The van der Waals surface area contributed by atoms with Crippen LogP contribution in [-0.4, -0.2) is 27.1 Å². The van der Waals surface area contributed by atoms with E-state index in [9.17, 15) is 20.5 Å². The van der Waals surface area contributed by atoms with Crippen LogP contribution in [0.1, 0.15) is 17.0 Å². The number of hydrogen-bond donors (Lipinski definition) is 2. The molecule has 9 heteroatoms. The molecule has 0 saturated carbocycles. The number of H-pyrrole nitrogens is 1. The van der Waals surface area contributed by atoms with Crippen LogP contribution < -0.4 is 4.74 Å². The first-order chi connectivity index (χ1) is 12.8. The number of aromatic nitrogens is 2. The fraction of sp³-hybridized carbons (Fsp3) is 0.111. The van der Waals surface area contributed by atoms with E-state index in [4.69, 9.17) is 4.74 Å². The Bertz CT molecular complexity index is 1140. The number of fused-ring (bicyclic) bond motifs is 1. The number of allylic oxidation sites excluding steroid dienone is 1. The monoisotopic (exact) mass is 428 g/mol. The molecular formula is C18H13BrN4O4. The van der Waals surface area contributed by atoms with Crippen LogP contribution in [0.25, 0.3) is 22.7 Å². The van der Waals surface area contributed by atoms with E-state index in [2.05, 4.69) is 25.9 Å². The quantitative estimate of drug-likeness (QED) is 0.362. The molecule has 2 aromatic carbocycles. The second-order valence-electron chi connectivity index (χ2n) is 5.71. The Morgan fingerprint density at radius 1 is 1.48 bits per heavy atom. The van der Waals surface area contributed by atoms with Crippen molar-refractivity contribution in [3.63, 3.8) is 0 Å². The van der Waals surface area contributed by atoms with Gasteiger partial charge >= 0.3 is 5.69 Å². The fourth-order valence-electron chi connectivity index (χ4n) is 2.68. The number of nitrogens with one attached hydrogen (secondary N) is 1. The first kappa shape index (κ1) is 18.4. The van der Waals surface area contributed by atoms with Gasteiger partial charge in [0.25, 0.3) is 0 Å². The zero-order valence-electron chi connectivity index (χ0n) is 14.3. The Labute approximate surface area is 162 Å². The maximum atomic E-state index is 11.5. The maximum Gasteiger partial charge on any atom is 0.322 e. The second kappa shape index (κ2) is 7.09. The van der Waals surface area contributed by atoms with Crippen LogP contribution in [0, 0.1) is 28.4 Å². The summed E-state index contributed by atoms with van der Waals surface area (Å²) in [5.41, 5.74) is 2.21. The van der Waals surface area contributed by atoms with E-state index in [1.165, 1.54) is 19.3 Å². The van der Waals surface area contributed by atoms with Crippen LogP contribution in [0.4, 0.5) is 5.69 Å². The molecule has 0 saturated heterocycles. The van der Waals surface area contributed by atoms with Crippen molar-refractivity contribution in [2.45, 2.75) is 6.92 Å². The lowest BCUT2D eigenvalue weighted by Crippen LogP contribution is -1.98. The number of nitro benzene ring substituents is 1. The summed E-state index contributed by atoms with van der Waals surface area (Å²) in [4.78, 5) is 18.3. The summed E-state index contributed by atoms with van der Waals surface area (Å²) in [7, 11) is 1.22. The number of aryl methyl sites for hydroxylation is 1. The average Bonchev–Trinajstić information content (AvgIpc) is 3.04. The Morgan fingerprint density at radius 2 is 2.22 bits per heavy atom. The summed E-state index contributed by atoms with van der Waals surface area (Å²) in [5, 5.41) is 31.1. The van der Waals surface area contributed by atoms with Gasteiger partial charge in [-0.15, -0.1) is 0 Å². The van der Waals surface area contributed by atoms with E-state index in [0.717, 1.165) is 11.1 Å². The van der Waals surface area contributed by atoms with Gasteiger partial charge in [0.05, 0.1) is 38.7 Å². The third-order valence-electron chi connectivity index (χ3n) is 3.91. The first-order valence-corrected chi connectivity index (χ1v) is 8.47. The van der Waals surface area contributed by atoms with Gasteiger partial charge in [0.1, 0.15) is 11.9 Å². The number of aromatic amines is 1. The Morgan fingerprint density at radius 3 is 2.85 bits per heavy atom. The predicted octanol–water partition coefficient (Wildman–Crippen LogP) is 4.32. The SMILES string of the molecule is COc1c(O)c(Br)cc(/C=C(\C#N)c2nc3ccc(C)cc3[nH]2)c1[N+](=O)[O-]. The molecule has 3 rings (SSSR count). The number of benzene rings is 2. The number of phenolic OH excluding ortho intramolecular Hbond substituents is 1. The number of phenols is 1. The summed E-state index contributed by atoms with van der Waals surface area (Å²) in [6, 6.07) is 8.97. The van der Waals surface area contributed by atoms with E-state index < -0.39 is 10.6 Å². The highest BCUT2D eigenvalue weighted by Gasteiger charge is 2.26. The van der Waals surface area contributed by atoms with E-state index in [1.54, 1.807) is 0 Å². The molecule has 1 aromatic heterocycles. The van der Waals surface area contributed by atoms with E-state index in [0.29, 0.717) is 5.52 Å². The Balaban J connectivity index is 2.22. The first-order valence-electron chi connectivity index (χ1n) is 7.68. The van der Waals surface area contributed by atoms with Crippen LogP contribution in [0.2, 0.25) is 0 Å². The van der Waals surface area contributed by atoms with E-state index in [-0.39, 0.29) is 32.9 Å². The molecule has 1 heterocycles. The molecule has 27 heavy (non-hydrogen) atoms. The smallest absolute Gasteiger partial charge is 0.322 e. The second-order valence-corrected chi connectivity index (χ2v) is 6.57. The molecule has 0 aliphatic rings. The molecular weight excluding hydrogens is 416 g/mol. The largest absolute Gasteiger partial charge is 0.503 e. The third kappa shape index (κ3) is 3.35. The van der Waals surface area contributed by atoms with Gasteiger partial charge in [-0.25, -0.2) is 4.98 Å². The highest BCUT2D eigenvalue weighted by Crippen LogP contribution is 2.45. The van der Waals surface area contributed by atoms with Gasteiger partial charge < -0.3 is 14.8 Å². The number of nitro groups is 1. The van der Waals surface area contributed by atoms with Crippen LogP contribution in [0.5, 0.6) is 11.5 Å². The number of ether oxygens (including phenoxy) is 1. The number of nitrogens with zero attached hydrogens (tertiary/aromatic N) is 3.